The molecule has 0 heterocycles. The molecule has 0 aliphatic rings. The van der Waals surface area contributed by atoms with Gasteiger partial charge in [0.25, 0.3) is 0 Å². The van der Waals surface area contributed by atoms with Gasteiger partial charge in [-0.2, -0.15) is 0 Å². The Morgan fingerprint density at radius 1 is 1.14 bits per heavy atom. The molecule has 0 rings (SSSR count). The van der Waals surface area contributed by atoms with Crippen molar-refractivity contribution < 1.29 is 0 Å². The molecule has 0 spiro atoms. The van der Waals surface area contributed by atoms with E-state index in [-0.39, 0.29) is 0 Å². The van der Waals surface area contributed by atoms with E-state index in [2.05, 4.69) is 13.8 Å². The third kappa shape index (κ3) is 2.98. The normalized spacial score (nSPS) is 14.3. The van der Waals surface area contributed by atoms with Gasteiger partial charge < -0.3 is 0 Å². The molecule has 0 aromatic heterocycles. The van der Waals surface area contributed by atoms with Crippen molar-refractivity contribution in [3.8, 4) is 0 Å². The first-order chi connectivity index (χ1) is 3.12. The van der Waals surface area contributed by atoms with E-state index in [1.54, 1.807) is 0 Å². The molecule has 0 amide bonds. The summed E-state index contributed by atoms with van der Waals surface area (Å²) in [6.45, 7) is 4.10. The summed E-state index contributed by atoms with van der Waals surface area (Å²) in [4.78, 5) is 0. The molecule has 7 heavy (non-hydrogen) atoms. The molecule has 0 radical (unpaired) electrons. The summed E-state index contributed by atoms with van der Waals surface area (Å²) in [7, 11) is -1.65. The number of rotatable bonds is 2. The molecule has 46 valence electrons. The van der Waals surface area contributed by atoms with E-state index in [1.807, 2.05) is 0 Å². The van der Waals surface area contributed by atoms with Crippen LogP contribution in [0.3, 0.4) is 0 Å². The van der Waals surface area contributed by atoms with E-state index in [0.29, 0.717) is 0 Å². The Morgan fingerprint density at radius 2 is 1.43 bits per heavy atom. The molecular weight excluding hydrogens is 107 g/mol. The van der Waals surface area contributed by atoms with E-state index in [9.17, 15) is 0 Å². The van der Waals surface area contributed by atoms with Gasteiger partial charge in [-0.25, -0.2) is 0 Å². The second-order valence-electron chi connectivity index (χ2n) is 1.94. The maximum absolute atomic E-state index is 5.63. The van der Waals surface area contributed by atoms with Crippen LogP contribution in [-0.4, -0.2) is 12.3 Å². The molecule has 0 aromatic rings. The van der Waals surface area contributed by atoms with Gasteiger partial charge in [0.15, 0.2) is 0 Å². The van der Waals surface area contributed by atoms with E-state index in [1.165, 1.54) is 0 Å². The fraction of sp³-hybridized carbons (Fsp3) is 1.00. The zero-order chi connectivity index (χ0) is 5.91. The first-order valence-electron chi connectivity index (χ1n) is 2.70. The van der Waals surface area contributed by atoms with E-state index >= 15 is 0 Å². The predicted molar refractivity (Wildman–Crippen MR) is 37.8 cm³/mol. The Kier molecular flexibility index (Phi) is 2.74. The molecule has 2 nitrogen and oxygen atoms in total. The van der Waals surface area contributed by atoms with Crippen LogP contribution in [0.25, 0.3) is 0 Å². The van der Waals surface area contributed by atoms with Crippen molar-refractivity contribution in [1.29, 1.82) is 0 Å². The Balaban J connectivity index is 3.36. The summed E-state index contributed by atoms with van der Waals surface area (Å²) < 4.78 is 0. The van der Waals surface area contributed by atoms with Gasteiger partial charge in [-0.1, -0.05) is 0 Å². The summed E-state index contributed by atoms with van der Waals surface area (Å²) in [6, 6.07) is 0. The van der Waals surface area contributed by atoms with Crippen LogP contribution in [0.4, 0.5) is 0 Å². The first-order valence-corrected chi connectivity index (χ1v) is 5.27. The third-order valence-electron chi connectivity index (χ3n) is 1.32. The Bertz CT molecular complexity index is 47.7. The van der Waals surface area contributed by atoms with Crippen molar-refractivity contribution in [2.24, 2.45) is 11.0 Å². The van der Waals surface area contributed by atoms with Gasteiger partial charge in [0.1, 0.15) is 0 Å². The number of nitrogens with two attached hydrogens (primary N) is 2. The van der Waals surface area contributed by atoms with Gasteiger partial charge in [0, 0.05) is 0 Å². The van der Waals surface area contributed by atoms with E-state index in [0.717, 1.165) is 12.3 Å². The second-order valence-corrected chi connectivity index (χ2v) is 5.82. The van der Waals surface area contributed by atoms with Gasteiger partial charge in [-0.3, -0.25) is 0 Å². The van der Waals surface area contributed by atoms with Crippen molar-refractivity contribution >= 4 is 7.56 Å². The van der Waals surface area contributed by atoms with Crippen molar-refractivity contribution in [1.82, 2.24) is 0 Å². The van der Waals surface area contributed by atoms with Crippen molar-refractivity contribution in [2.75, 3.05) is 12.3 Å². The molecule has 0 saturated heterocycles. The average molecular weight is 122 g/mol. The van der Waals surface area contributed by atoms with Gasteiger partial charge in [0.2, 0.25) is 0 Å². The van der Waals surface area contributed by atoms with Crippen LogP contribution >= 0.6 is 7.56 Å². The van der Waals surface area contributed by atoms with E-state index < -0.39 is 7.56 Å². The van der Waals surface area contributed by atoms with Gasteiger partial charge in [-0.15, -0.1) is 0 Å². The average Bonchev–Trinajstić information content (AvgIpc) is 1.68. The SMILES string of the molecule is CC[PH](N)(N)CC. The molecule has 0 aromatic carbocycles. The molecular formula is C4H15N2P. The molecule has 0 saturated carbocycles. The Hall–Kier alpha value is 0.350. The van der Waals surface area contributed by atoms with Gasteiger partial charge >= 0.3 is 44.7 Å². The molecule has 0 aliphatic carbocycles. The van der Waals surface area contributed by atoms with Crippen molar-refractivity contribution in [2.45, 2.75) is 13.8 Å². The second kappa shape index (κ2) is 2.61. The fourth-order valence-electron chi connectivity index (χ4n) is 0.250. The van der Waals surface area contributed by atoms with E-state index in [4.69, 9.17) is 11.0 Å². The zero-order valence-electron chi connectivity index (χ0n) is 5.07. The predicted octanol–water partition coefficient (Wildman–Crippen LogP) is 0.523. The van der Waals surface area contributed by atoms with Crippen LogP contribution in [-0.2, 0) is 0 Å². The monoisotopic (exact) mass is 122 g/mol. The molecule has 0 fully saturated rings. The summed E-state index contributed by atoms with van der Waals surface area (Å²) in [5.74, 6) is 0. The quantitative estimate of drug-likeness (QED) is 0.525. The Labute approximate surface area is 45.7 Å². The van der Waals surface area contributed by atoms with Crippen molar-refractivity contribution in [3.05, 3.63) is 0 Å². The third-order valence-corrected chi connectivity index (χ3v) is 3.95. The summed E-state index contributed by atoms with van der Waals surface area (Å²) in [5.41, 5.74) is 11.3. The Morgan fingerprint density at radius 3 is 1.43 bits per heavy atom. The summed E-state index contributed by atoms with van der Waals surface area (Å²) >= 11 is 0. The fourth-order valence-corrected chi connectivity index (χ4v) is 0.750. The van der Waals surface area contributed by atoms with Crippen LogP contribution in [0.15, 0.2) is 0 Å². The van der Waals surface area contributed by atoms with Crippen LogP contribution in [0.1, 0.15) is 13.8 Å². The van der Waals surface area contributed by atoms with Crippen LogP contribution in [0.2, 0.25) is 0 Å². The minimum atomic E-state index is -1.65. The molecule has 0 bridgehead atoms. The minimum absolute atomic E-state index is 0.990. The summed E-state index contributed by atoms with van der Waals surface area (Å²) in [5, 5.41) is 0. The van der Waals surface area contributed by atoms with Crippen LogP contribution < -0.4 is 11.0 Å². The number of hydrogen-bond acceptors (Lipinski definition) is 2. The maximum atomic E-state index is 5.63. The molecule has 3 heteroatoms. The van der Waals surface area contributed by atoms with Gasteiger partial charge in [-0.05, 0) is 0 Å². The molecule has 0 atom stereocenters. The zero-order valence-corrected chi connectivity index (χ0v) is 6.07. The van der Waals surface area contributed by atoms with Crippen LogP contribution in [0.5, 0.6) is 0 Å². The first kappa shape index (κ1) is 7.35. The van der Waals surface area contributed by atoms with Gasteiger partial charge in [0.05, 0.1) is 0 Å². The molecule has 0 aliphatic heterocycles. The number of hydrogen-bond donors (Lipinski definition) is 2. The standard InChI is InChI=1S/C4H15N2P/c1-3-7(5,6)4-2/h7H,3-6H2,1-2H3. The van der Waals surface area contributed by atoms with Crippen molar-refractivity contribution in [3.63, 3.8) is 0 Å². The molecule has 4 N–H and O–H groups in total. The summed E-state index contributed by atoms with van der Waals surface area (Å²) in [6.07, 6.45) is 1.98. The molecule has 0 unspecified atom stereocenters. The topological polar surface area (TPSA) is 52.0 Å². The van der Waals surface area contributed by atoms with Crippen LogP contribution in [0, 0.1) is 0 Å².